The lowest BCUT2D eigenvalue weighted by molar-refractivity contribution is -0.384. The van der Waals surface area contributed by atoms with Crippen molar-refractivity contribution in [3.63, 3.8) is 0 Å². The van der Waals surface area contributed by atoms with Gasteiger partial charge in [-0.1, -0.05) is 0 Å². The Bertz CT molecular complexity index is 782. The zero-order valence-electron chi connectivity index (χ0n) is 14.3. The molecule has 7 nitrogen and oxygen atoms in total. The van der Waals surface area contributed by atoms with Crippen molar-refractivity contribution in [2.45, 2.75) is 31.7 Å². The van der Waals surface area contributed by atoms with Crippen LogP contribution in [0.15, 0.2) is 46.5 Å². The number of nitrogens with zero attached hydrogens (tertiary/aromatic N) is 3. The Morgan fingerprint density at radius 3 is 2.64 bits per heavy atom. The maximum Gasteiger partial charge on any atom is 0.269 e. The Morgan fingerprint density at radius 1 is 1.40 bits per heavy atom. The van der Waals surface area contributed by atoms with E-state index in [2.05, 4.69) is 28.9 Å². The Kier molecular flexibility index (Phi) is 6.35. The molecule has 8 heteroatoms. The highest BCUT2D eigenvalue weighted by Crippen LogP contribution is 2.21. The molecule has 0 aliphatic rings. The number of thioether (sulfide) groups is 1. The lowest BCUT2D eigenvalue weighted by atomic mass is 10.3. The summed E-state index contributed by atoms with van der Waals surface area (Å²) in [7, 11) is 0. The molecule has 0 atom stereocenters. The number of benzene rings is 1. The van der Waals surface area contributed by atoms with Gasteiger partial charge in [-0.25, -0.2) is 5.43 Å². The average Bonchev–Trinajstić information content (AvgIpc) is 2.94. The molecule has 0 bridgehead atoms. The first kappa shape index (κ1) is 18.7. The molecule has 1 aromatic carbocycles. The summed E-state index contributed by atoms with van der Waals surface area (Å²) >= 11 is 1.29. The van der Waals surface area contributed by atoms with Gasteiger partial charge in [0, 0.05) is 40.5 Å². The molecule has 2 aromatic rings. The fourth-order valence-electron chi connectivity index (χ4n) is 2.27. The van der Waals surface area contributed by atoms with Crippen molar-refractivity contribution in [1.82, 2.24) is 9.99 Å². The highest BCUT2D eigenvalue weighted by molar-refractivity contribution is 8.00. The average molecular weight is 360 g/mol. The van der Waals surface area contributed by atoms with E-state index >= 15 is 0 Å². The quantitative estimate of drug-likeness (QED) is 0.354. The number of amides is 1. The van der Waals surface area contributed by atoms with E-state index in [0.717, 1.165) is 16.2 Å². The molecule has 0 radical (unpaired) electrons. The number of hydrogen-bond acceptors (Lipinski definition) is 5. The van der Waals surface area contributed by atoms with E-state index < -0.39 is 4.92 Å². The van der Waals surface area contributed by atoms with E-state index in [1.165, 1.54) is 23.9 Å². The smallest absolute Gasteiger partial charge is 0.269 e. The van der Waals surface area contributed by atoms with Crippen LogP contribution in [-0.2, 0) is 4.79 Å². The van der Waals surface area contributed by atoms with Crippen LogP contribution < -0.4 is 5.43 Å². The summed E-state index contributed by atoms with van der Waals surface area (Å²) in [6.45, 7) is 6.23. The van der Waals surface area contributed by atoms with E-state index in [-0.39, 0.29) is 17.3 Å². The number of aromatic nitrogens is 1. The van der Waals surface area contributed by atoms with Gasteiger partial charge in [0.25, 0.3) is 5.69 Å². The van der Waals surface area contributed by atoms with Crippen molar-refractivity contribution in [2.75, 3.05) is 5.75 Å². The number of nitrogens with one attached hydrogen (secondary N) is 1. The number of rotatable bonds is 7. The second-order valence-corrected chi connectivity index (χ2v) is 6.80. The molecule has 0 unspecified atom stereocenters. The van der Waals surface area contributed by atoms with Crippen molar-refractivity contribution < 1.29 is 9.72 Å². The predicted molar refractivity (Wildman–Crippen MR) is 99.1 cm³/mol. The van der Waals surface area contributed by atoms with Crippen LogP contribution in [0.4, 0.5) is 5.69 Å². The topological polar surface area (TPSA) is 89.5 Å². The minimum atomic E-state index is -0.454. The molecule has 2 rings (SSSR count). The molecular formula is C17H20N4O3S. The second kappa shape index (κ2) is 8.48. The van der Waals surface area contributed by atoms with Crippen LogP contribution in [0.1, 0.15) is 31.1 Å². The Labute approximate surface area is 150 Å². The number of hydrazone groups is 1. The van der Waals surface area contributed by atoms with E-state index in [1.54, 1.807) is 18.3 Å². The van der Waals surface area contributed by atoms with Crippen LogP contribution in [0.5, 0.6) is 0 Å². The predicted octanol–water partition coefficient (Wildman–Crippen LogP) is 3.53. The first-order valence-electron chi connectivity index (χ1n) is 7.74. The maximum absolute atomic E-state index is 11.8. The van der Waals surface area contributed by atoms with Gasteiger partial charge in [-0.15, -0.1) is 11.8 Å². The van der Waals surface area contributed by atoms with Crippen molar-refractivity contribution in [3.05, 3.63) is 57.9 Å². The number of aryl methyl sites for hydroxylation is 1. The van der Waals surface area contributed by atoms with E-state index in [4.69, 9.17) is 0 Å². The normalized spacial score (nSPS) is 11.2. The SMILES string of the molecule is Cc1cc(/C=N\NC(=O)CSc2ccc([N+](=O)[O-])cc2)cn1C(C)C. The summed E-state index contributed by atoms with van der Waals surface area (Å²) in [4.78, 5) is 22.7. The minimum Gasteiger partial charge on any atom is -0.349 e. The number of non-ortho nitro benzene ring substituents is 1. The monoisotopic (exact) mass is 360 g/mol. The highest BCUT2D eigenvalue weighted by atomic mass is 32.2. The van der Waals surface area contributed by atoms with E-state index in [0.29, 0.717) is 6.04 Å². The molecule has 0 saturated carbocycles. The van der Waals surface area contributed by atoms with E-state index in [1.807, 2.05) is 19.2 Å². The molecule has 0 fully saturated rings. The minimum absolute atomic E-state index is 0.0297. The first-order valence-corrected chi connectivity index (χ1v) is 8.73. The zero-order chi connectivity index (χ0) is 18.4. The summed E-state index contributed by atoms with van der Waals surface area (Å²) in [5.74, 6) is -0.0547. The Morgan fingerprint density at radius 2 is 2.08 bits per heavy atom. The molecule has 25 heavy (non-hydrogen) atoms. The summed E-state index contributed by atoms with van der Waals surface area (Å²) < 4.78 is 2.13. The number of carbonyl (C=O) groups is 1. The molecule has 1 heterocycles. The second-order valence-electron chi connectivity index (χ2n) is 5.75. The lowest BCUT2D eigenvalue weighted by Gasteiger charge is -2.08. The largest absolute Gasteiger partial charge is 0.349 e. The fourth-order valence-corrected chi connectivity index (χ4v) is 2.96. The van der Waals surface area contributed by atoms with Crippen LogP contribution in [0.25, 0.3) is 0 Å². The molecule has 1 aromatic heterocycles. The molecule has 0 aliphatic heterocycles. The van der Waals surface area contributed by atoms with E-state index in [9.17, 15) is 14.9 Å². The van der Waals surface area contributed by atoms with Gasteiger partial charge in [-0.2, -0.15) is 5.10 Å². The number of hydrogen-bond donors (Lipinski definition) is 1. The van der Waals surface area contributed by atoms with Crippen LogP contribution in [0.2, 0.25) is 0 Å². The third-order valence-electron chi connectivity index (χ3n) is 3.45. The Balaban J connectivity index is 1.82. The van der Waals surface area contributed by atoms with Gasteiger partial charge < -0.3 is 4.57 Å². The van der Waals surface area contributed by atoms with Crippen LogP contribution in [0, 0.1) is 17.0 Å². The van der Waals surface area contributed by atoms with Crippen LogP contribution in [0.3, 0.4) is 0 Å². The first-order chi connectivity index (χ1) is 11.9. The van der Waals surface area contributed by atoms with Gasteiger partial charge in [-0.05, 0) is 39.0 Å². The van der Waals surface area contributed by atoms with Crippen molar-refractivity contribution in [1.29, 1.82) is 0 Å². The molecule has 0 spiro atoms. The summed E-state index contributed by atoms with van der Waals surface area (Å²) in [6.07, 6.45) is 3.60. The summed E-state index contributed by atoms with van der Waals surface area (Å²) in [5, 5.41) is 14.6. The number of carbonyl (C=O) groups excluding carboxylic acids is 1. The third kappa shape index (κ3) is 5.46. The standard InChI is InChI=1S/C17H20N4O3S/c1-12(2)20-10-14(8-13(20)3)9-18-19-17(22)11-25-16-6-4-15(5-7-16)21(23)24/h4-10,12H,11H2,1-3H3,(H,19,22)/b18-9-. The van der Waals surface area contributed by atoms with Gasteiger partial charge in [0.2, 0.25) is 5.91 Å². The Hall–Kier alpha value is -2.61. The molecule has 0 saturated heterocycles. The molecule has 1 N–H and O–H groups in total. The van der Waals surface area contributed by atoms with Gasteiger partial charge in [0.05, 0.1) is 16.9 Å². The maximum atomic E-state index is 11.8. The molecule has 132 valence electrons. The molecule has 0 aliphatic carbocycles. The van der Waals surface area contributed by atoms with Gasteiger partial charge in [-0.3, -0.25) is 14.9 Å². The highest BCUT2D eigenvalue weighted by Gasteiger charge is 2.06. The number of nitro groups is 1. The molecular weight excluding hydrogens is 340 g/mol. The van der Waals surface area contributed by atoms with Gasteiger partial charge in [0.15, 0.2) is 0 Å². The van der Waals surface area contributed by atoms with Crippen molar-refractivity contribution >= 4 is 29.6 Å². The van der Waals surface area contributed by atoms with Crippen LogP contribution >= 0.6 is 11.8 Å². The van der Waals surface area contributed by atoms with Crippen molar-refractivity contribution in [2.24, 2.45) is 5.10 Å². The number of nitro benzene ring substituents is 1. The molecule has 1 amide bonds. The zero-order valence-corrected chi connectivity index (χ0v) is 15.1. The van der Waals surface area contributed by atoms with Crippen molar-refractivity contribution in [3.8, 4) is 0 Å². The van der Waals surface area contributed by atoms with Crippen LogP contribution in [-0.4, -0.2) is 27.4 Å². The third-order valence-corrected chi connectivity index (χ3v) is 4.46. The van der Waals surface area contributed by atoms with Gasteiger partial charge in [0.1, 0.15) is 0 Å². The fraction of sp³-hybridized carbons (Fsp3) is 0.294. The summed E-state index contributed by atoms with van der Waals surface area (Å²) in [5.41, 5.74) is 4.57. The lowest BCUT2D eigenvalue weighted by Crippen LogP contribution is -2.19. The van der Waals surface area contributed by atoms with Gasteiger partial charge >= 0.3 is 0 Å². The summed E-state index contributed by atoms with van der Waals surface area (Å²) in [6, 6.07) is 8.45.